The van der Waals surface area contributed by atoms with Gasteiger partial charge in [0.05, 0.1) is 6.04 Å². The van der Waals surface area contributed by atoms with E-state index in [4.69, 9.17) is 0 Å². The number of sulfonamides is 1. The highest BCUT2D eigenvalue weighted by atomic mass is 32.2. The minimum atomic E-state index is -3.59. The van der Waals surface area contributed by atoms with E-state index in [9.17, 15) is 13.2 Å². The second-order valence-corrected chi connectivity index (χ2v) is 9.08. The normalized spacial score (nSPS) is 12.4. The van der Waals surface area contributed by atoms with Crippen molar-refractivity contribution in [3.8, 4) is 0 Å². The maximum atomic E-state index is 12.4. The van der Waals surface area contributed by atoms with Crippen LogP contribution in [0.15, 0.2) is 70.3 Å². The van der Waals surface area contributed by atoms with E-state index in [0.717, 1.165) is 22.5 Å². The number of rotatable bonds is 6. The Morgan fingerprint density at radius 3 is 2.26 bits per heavy atom. The van der Waals surface area contributed by atoms with Crippen LogP contribution in [-0.4, -0.2) is 14.3 Å². The van der Waals surface area contributed by atoms with Crippen LogP contribution in [0, 0.1) is 6.92 Å². The number of carbonyl (C=O) groups is 1. The van der Waals surface area contributed by atoms with Gasteiger partial charge in [0.1, 0.15) is 4.21 Å². The molecule has 7 heteroatoms. The molecule has 0 radical (unpaired) electrons. The molecule has 140 valence electrons. The van der Waals surface area contributed by atoms with Crippen molar-refractivity contribution in [2.45, 2.75) is 24.1 Å². The topological polar surface area (TPSA) is 75.3 Å². The van der Waals surface area contributed by atoms with Crippen LogP contribution in [0.1, 0.15) is 34.5 Å². The maximum Gasteiger partial charge on any atom is 0.271 e. The monoisotopic (exact) mass is 400 g/mol. The summed E-state index contributed by atoms with van der Waals surface area (Å²) in [4.78, 5) is 12.4. The van der Waals surface area contributed by atoms with Crippen molar-refractivity contribution < 1.29 is 13.2 Å². The zero-order chi connectivity index (χ0) is 19.4. The summed E-state index contributed by atoms with van der Waals surface area (Å²) in [5, 5.41) is 4.65. The molecule has 1 unspecified atom stereocenters. The molecule has 0 bridgehead atoms. The molecule has 1 heterocycles. The summed E-state index contributed by atoms with van der Waals surface area (Å²) in [5.41, 5.74) is 3.06. The van der Waals surface area contributed by atoms with E-state index in [-0.39, 0.29) is 16.2 Å². The van der Waals surface area contributed by atoms with E-state index in [1.807, 2.05) is 38.1 Å². The number of anilines is 1. The zero-order valence-corrected chi connectivity index (χ0v) is 16.6. The Morgan fingerprint density at radius 2 is 1.67 bits per heavy atom. The first-order valence-electron chi connectivity index (χ1n) is 8.39. The number of carbonyl (C=O) groups excluding carboxylic acids is 1. The summed E-state index contributed by atoms with van der Waals surface area (Å²) in [6, 6.07) is 17.4. The van der Waals surface area contributed by atoms with E-state index in [1.54, 1.807) is 41.8 Å². The second-order valence-electron chi connectivity index (χ2n) is 6.22. The lowest BCUT2D eigenvalue weighted by Crippen LogP contribution is -2.26. The maximum absolute atomic E-state index is 12.4. The average molecular weight is 401 g/mol. The van der Waals surface area contributed by atoms with Crippen LogP contribution in [0.2, 0.25) is 0 Å². The molecular weight excluding hydrogens is 380 g/mol. The highest BCUT2D eigenvalue weighted by Crippen LogP contribution is 2.21. The van der Waals surface area contributed by atoms with Gasteiger partial charge in [0.15, 0.2) is 0 Å². The highest BCUT2D eigenvalue weighted by Gasteiger charge is 2.16. The molecule has 5 nitrogen and oxygen atoms in total. The summed E-state index contributed by atoms with van der Waals surface area (Å²) in [7, 11) is -3.59. The van der Waals surface area contributed by atoms with Gasteiger partial charge in [-0.15, -0.1) is 11.3 Å². The third kappa shape index (κ3) is 4.75. The number of hydrogen-bond donors (Lipinski definition) is 2. The van der Waals surface area contributed by atoms with Crippen molar-refractivity contribution in [2.24, 2.45) is 0 Å². The van der Waals surface area contributed by atoms with E-state index in [0.29, 0.717) is 11.3 Å². The van der Waals surface area contributed by atoms with Gasteiger partial charge >= 0.3 is 0 Å². The summed E-state index contributed by atoms with van der Waals surface area (Å²) < 4.78 is 27.2. The van der Waals surface area contributed by atoms with Crippen molar-refractivity contribution >= 4 is 33.0 Å². The van der Waals surface area contributed by atoms with Crippen LogP contribution in [0.4, 0.5) is 5.69 Å². The predicted octanol–water partition coefficient (Wildman–Crippen LogP) is 4.35. The zero-order valence-electron chi connectivity index (χ0n) is 15.0. The molecule has 3 rings (SSSR count). The summed E-state index contributed by atoms with van der Waals surface area (Å²) in [5.74, 6) is -0.212. The van der Waals surface area contributed by atoms with E-state index < -0.39 is 10.0 Å². The third-order valence-corrected chi connectivity index (χ3v) is 6.86. The number of thiophene rings is 1. The quantitative estimate of drug-likeness (QED) is 0.646. The highest BCUT2D eigenvalue weighted by molar-refractivity contribution is 7.94. The molecule has 27 heavy (non-hydrogen) atoms. The molecular formula is C20H20N2O3S2. The summed E-state index contributed by atoms with van der Waals surface area (Å²) in [6.07, 6.45) is 0. The average Bonchev–Trinajstić information content (AvgIpc) is 3.18. The predicted molar refractivity (Wildman–Crippen MR) is 109 cm³/mol. The van der Waals surface area contributed by atoms with Gasteiger partial charge < -0.3 is 5.32 Å². The van der Waals surface area contributed by atoms with Crippen LogP contribution >= 0.6 is 11.3 Å². The molecule has 0 spiro atoms. The van der Waals surface area contributed by atoms with E-state index in [2.05, 4.69) is 10.0 Å². The lowest BCUT2D eigenvalue weighted by molar-refractivity contribution is 0.0940. The molecule has 0 aliphatic carbocycles. The van der Waals surface area contributed by atoms with Crippen LogP contribution in [-0.2, 0) is 10.0 Å². The van der Waals surface area contributed by atoms with Crippen LogP contribution in [0.25, 0.3) is 0 Å². The van der Waals surface area contributed by atoms with Gasteiger partial charge in [-0.25, -0.2) is 8.42 Å². The number of benzene rings is 2. The van der Waals surface area contributed by atoms with Gasteiger partial charge in [-0.2, -0.15) is 0 Å². The first-order chi connectivity index (χ1) is 12.8. The van der Waals surface area contributed by atoms with E-state index >= 15 is 0 Å². The van der Waals surface area contributed by atoms with Crippen molar-refractivity contribution in [3.05, 3.63) is 82.7 Å². The summed E-state index contributed by atoms with van der Waals surface area (Å²) in [6.45, 7) is 3.94. The molecule has 0 saturated heterocycles. The molecule has 0 saturated carbocycles. The third-order valence-electron chi connectivity index (χ3n) is 4.08. The Labute approximate surface area is 163 Å². The van der Waals surface area contributed by atoms with Crippen LogP contribution in [0.3, 0.4) is 0 Å². The second kappa shape index (κ2) is 7.94. The fraction of sp³-hybridized carbons (Fsp3) is 0.150. The molecule has 0 aliphatic heterocycles. The Kier molecular flexibility index (Phi) is 5.62. The van der Waals surface area contributed by atoms with Crippen LogP contribution in [0.5, 0.6) is 0 Å². The minimum absolute atomic E-state index is 0.130. The Bertz CT molecular complexity index is 1010. The number of amides is 1. The lowest BCUT2D eigenvalue weighted by Gasteiger charge is -2.15. The molecule has 2 aromatic carbocycles. The van der Waals surface area contributed by atoms with Gasteiger partial charge in [0.25, 0.3) is 15.9 Å². The fourth-order valence-corrected chi connectivity index (χ4v) is 4.58. The first kappa shape index (κ1) is 19.1. The molecule has 3 aromatic rings. The molecule has 2 N–H and O–H groups in total. The molecule has 1 atom stereocenters. The lowest BCUT2D eigenvalue weighted by atomic mass is 10.1. The van der Waals surface area contributed by atoms with Gasteiger partial charge in [-0.05, 0) is 55.1 Å². The number of hydrogen-bond acceptors (Lipinski definition) is 4. The number of aryl methyl sites for hydroxylation is 1. The van der Waals surface area contributed by atoms with Crippen molar-refractivity contribution in [1.29, 1.82) is 0 Å². The Balaban J connectivity index is 1.66. The largest absolute Gasteiger partial charge is 0.346 e. The van der Waals surface area contributed by atoms with Gasteiger partial charge in [0, 0.05) is 11.3 Å². The van der Waals surface area contributed by atoms with Crippen molar-refractivity contribution in [2.75, 3.05) is 4.72 Å². The van der Waals surface area contributed by atoms with Crippen molar-refractivity contribution in [1.82, 2.24) is 5.32 Å². The SMILES string of the molecule is Cc1ccc(C(C)NC(=O)c2ccc(NS(=O)(=O)c3cccs3)cc2)cc1. The molecule has 1 aromatic heterocycles. The van der Waals surface area contributed by atoms with Crippen molar-refractivity contribution in [3.63, 3.8) is 0 Å². The molecule has 0 fully saturated rings. The minimum Gasteiger partial charge on any atom is -0.346 e. The van der Waals surface area contributed by atoms with Gasteiger partial charge in [-0.1, -0.05) is 35.9 Å². The van der Waals surface area contributed by atoms with Gasteiger partial charge in [0.2, 0.25) is 0 Å². The van der Waals surface area contributed by atoms with Gasteiger partial charge in [-0.3, -0.25) is 9.52 Å². The number of nitrogens with one attached hydrogen (secondary N) is 2. The van der Waals surface area contributed by atoms with E-state index in [1.165, 1.54) is 0 Å². The Morgan fingerprint density at radius 1 is 1.00 bits per heavy atom. The van der Waals surface area contributed by atoms with Crippen LogP contribution < -0.4 is 10.0 Å². The first-order valence-corrected chi connectivity index (χ1v) is 10.8. The standard InChI is InChI=1S/C20H20N2O3S2/c1-14-5-7-16(8-6-14)15(2)21-20(23)17-9-11-18(12-10-17)22-27(24,25)19-4-3-13-26-19/h3-13,15,22H,1-2H3,(H,21,23). The molecule has 1 amide bonds. The smallest absolute Gasteiger partial charge is 0.271 e. The fourth-order valence-electron chi connectivity index (χ4n) is 2.53. The Hall–Kier alpha value is -2.64. The summed E-state index contributed by atoms with van der Waals surface area (Å²) >= 11 is 1.15. The molecule has 0 aliphatic rings.